The zero-order chi connectivity index (χ0) is 25.5. The third-order valence-corrected chi connectivity index (χ3v) is 7.95. The number of benzene rings is 3. The largest absolute Gasteiger partial charge is 0.373 e. The number of allylic oxidation sites excluding steroid dienone is 1. The number of carbonyl (C=O) groups is 2. The molecule has 0 radical (unpaired) electrons. The summed E-state index contributed by atoms with van der Waals surface area (Å²) in [5, 5.41) is 16.8. The number of fused-ring (bicyclic) bond motifs is 4. The second kappa shape index (κ2) is 7.55. The van der Waals surface area contributed by atoms with E-state index in [-0.39, 0.29) is 23.2 Å². The van der Waals surface area contributed by atoms with Gasteiger partial charge in [0.1, 0.15) is 0 Å². The number of aliphatic hydroxyl groups is 1. The monoisotopic (exact) mass is 498 g/mol. The molecule has 1 heterocycles. The number of nitrogens with zero attached hydrogens (tertiary/aromatic N) is 1. The summed E-state index contributed by atoms with van der Waals surface area (Å²) >= 11 is 6.16. The maximum Gasteiger partial charge on any atom is 0.204 e. The van der Waals surface area contributed by atoms with Gasteiger partial charge in [-0.3, -0.25) is 9.59 Å². The lowest BCUT2D eigenvalue weighted by molar-refractivity contribution is -0.120. The van der Waals surface area contributed by atoms with Crippen LogP contribution in [0, 0.1) is 12.3 Å². The molecule has 182 valence electrons. The molecule has 0 bridgehead atoms. The molecule has 0 saturated carbocycles. The first-order valence-electron chi connectivity index (χ1n) is 12.1. The van der Waals surface area contributed by atoms with Gasteiger partial charge in [-0.05, 0) is 55.2 Å². The fourth-order valence-electron chi connectivity index (χ4n) is 6.22. The van der Waals surface area contributed by atoms with Crippen LogP contribution in [-0.4, -0.2) is 22.3 Å². The third-order valence-electron chi connectivity index (χ3n) is 7.69. The molecule has 5 nitrogen and oxygen atoms in total. The summed E-state index contributed by atoms with van der Waals surface area (Å²) in [5.41, 5.74) is 0.594. The zero-order valence-corrected chi connectivity index (χ0v) is 21.2. The van der Waals surface area contributed by atoms with E-state index in [2.05, 4.69) is 19.2 Å². The SMILES string of the molecule is Cc1ccc(N2C3=C(C(=O)CC(C)(C)C3)[C@@]3(O)C(=O)c4ccccc4[C@@]23Nc2ccc(Cl)cc2)cc1. The van der Waals surface area contributed by atoms with Gasteiger partial charge in [-0.25, -0.2) is 0 Å². The first kappa shape index (κ1) is 23.0. The van der Waals surface area contributed by atoms with Gasteiger partial charge in [0.25, 0.3) is 0 Å². The van der Waals surface area contributed by atoms with Gasteiger partial charge >= 0.3 is 0 Å². The molecule has 3 aromatic rings. The molecule has 0 saturated heterocycles. The van der Waals surface area contributed by atoms with Gasteiger partial charge < -0.3 is 15.3 Å². The molecule has 3 aliphatic rings. The number of aryl methyl sites for hydroxylation is 1. The number of carbonyl (C=O) groups excluding carboxylic acids is 2. The lowest BCUT2D eigenvalue weighted by atomic mass is 9.71. The Hall–Kier alpha value is -3.41. The molecule has 0 unspecified atom stereocenters. The molecule has 0 spiro atoms. The van der Waals surface area contributed by atoms with Crippen LogP contribution in [0.3, 0.4) is 0 Å². The van der Waals surface area contributed by atoms with Gasteiger partial charge in [0.15, 0.2) is 11.4 Å². The van der Waals surface area contributed by atoms with Crippen LogP contribution in [0.25, 0.3) is 0 Å². The fraction of sp³-hybridized carbons (Fsp3) is 0.267. The van der Waals surface area contributed by atoms with Crippen molar-refractivity contribution in [1.29, 1.82) is 0 Å². The van der Waals surface area contributed by atoms with Crippen LogP contribution in [0.15, 0.2) is 84.1 Å². The van der Waals surface area contributed by atoms with E-state index in [1.165, 1.54) is 0 Å². The summed E-state index contributed by atoms with van der Waals surface area (Å²) in [6, 6.07) is 22.4. The van der Waals surface area contributed by atoms with Gasteiger partial charge in [0.2, 0.25) is 11.4 Å². The molecule has 1 aliphatic heterocycles. The van der Waals surface area contributed by atoms with Gasteiger partial charge in [-0.1, -0.05) is 67.4 Å². The molecule has 2 atom stereocenters. The molecule has 0 fully saturated rings. The standard InChI is InChI=1S/C30H27ClN2O3/c1-18-8-14-21(15-9-18)33-24-16-28(2,3)17-25(34)26(24)29(36)27(35)22-6-4-5-7-23(22)30(29,33)32-20-12-10-19(31)11-13-20/h4-15,32,36H,16-17H2,1-3H3/t29-,30-/m1/s1. The van der Waals surface area contributed by atoms with E-state index in [4.69, 9.17) is 11.6 Å². The molecule has 6 rings (SSSR count). The Morgan fingerprint density at radius 1 is 0.917 bits per heavy atom. The number of nitrogens with one attached hydrogen (secondary N) is 1. The summed E-state index contributed by atoms with van der Waals surface area (Å²) in [5.74, 6) is -0.656. The Morgan fingerprint density at radius 2 is 1.58 bits per heavy atom. The van der Waals surface area contributed by atoms with Crippen LogP contribution in [0.2, 0.25) is 5.02 Å². The van der Waals surface area contributed by atoms with Crippen LogP contribution >= 0.6 is 11.6 Å². The molecule has 6 heteroatoms. The summed E-state index contributed by atoms with van der Waals surface area (Å²) in [6.07, 6.45) is 0.806. The number of anilines is 2. The highest BCUT2D eigenvalue weighted by Gasteiger charge is 2.74. The molecule has 2 N–H and O–H groups in total. The van der Waals surface area contributed by atoms with E-state index in [1.54, 1.807) is 24.3 Å². The number of hydrogen-bond donors (Lipinski definition) is 2. The Bertz CT molecular complexity index is 1460. The van der Waals surface area contributed by atoms with E-state index < -0.39 is 17.0 Å². The van der Waals surface area contributed by atoms with Crippen molar-refractivity contribution < 1.29 is 14.7 Å². The minimum Gasteiger partial charge on any atom is -0.373 e. The number of rotatable bonds is 3. The molecule has 3 aromatic carbocycles. The van der Waals surface area contributed by atoms with Gasteiger partial charge in [-0.2, -0.15) is 0 Å². The highest BCUT2D eigenvalue weighted by Crippen LogP contribution is 2.62. The van der Waals surface area contributed by atoms with Crippen molar-refractivity contribution in [3.63, 3.8) is 0 Å². The molecular formula is C30H27ClN2O3. The Morgan fingerprint density at radius 3 is 2.28 bits per heavy atom. The maximum absolute atomic E-state index is 14.1. The van der Waals surface area contributed by atoms with Crippen molar-refractivity contribution in [2.24, 2.45) is 5.41 Å². The Labute approximate surface area is 215 Å². The quantitative estimate of drug-likeness (QED) is 0.463. The minimum atomic E-state index is -2.11. The van der Waals surface area contributed by atoms with Crippen LogP contribution < -0.4 is 10.2 Å². The Kier molecular flexibility index (Phi) is 4.82. The second-order valence-corrected chi connectivity index (χ2v) is 11.3. The number of hydrogen-bond acceptors (Lipinski definition) is 5. The van der Waals surface area contributed by atoms with Gasteiger partial charge in [0.05, 0.1) is 5.57 Å². The summed E-state index contributed by atoms with van der Waals surface area (Å²) < 4.78 is 0. The topological polar surface area (TPSA) is 69.6 Å². The summed E-state index contributed by atoms with van der Waals surface area (Å²) in [7, 11) is 0. The fourth-order valence-corrected chi connectivity index (χ4v) is 6.34. The van der Waals surface area contributed by atoms with E-state index in [0.717, 1.165) is 11.3 Å². The molecule has 0 aromatic heterocycles. The van der Waals surface area contributed by atoms with Crippen molar-refractivity contribution in [3.05, 3.63) is 106 Å². The number of Topliss-reactive ketones (excluding diaryl/α,β-unsaturated/α-hetero) is 2. The lowest BCUT2D eigenvalue weighted by Gasteiger charge is -2.46. The molecule has 36 heavy (non-hydrogen) atoms. The number of ketones is 2. The predicted molar refractivity (Wildman–Crippen MR) is 141 cm³/mol. The zero-order valence-electron chi connectivity index (χ0n) is 20.4. The van der Waals surface area contributed by atoms with Crippen LogP contribution in [0.1, 0.15) is 48.2 Å². The van der Waals surface area contributed by atoms with Gasteiger partial charge in [0, 0.05) is 39.6 Å². The highest BCUT2D eigenvalue weighted by atomic mass is 35.5. The van der Waals surface area contributed by atoms with Crippen molar-refractivity contribution in [2.45, 2.75) is 44.9 Å². The average Bonchev–Trinajstić information content (AvgIpc) is 3.15. The predicted octanol–water partition coefficient (Wildman–Crippen LogP) is 6.00. The molecule has 2 aliphatic carbocycles. The van der Waals surface area contributed by atoms with E-state index in [1.807, 2.05) is 60.4 Å². The van der Waals surface area contributed by atoms with E-state index in [9.17, 15) is 14.7 Å². The molecular weight excluding hydrogens is 472 g/mol. The summed E-state index contributed by atoms with van der Waals surface area (Å²) in [4.78, 5) is 29.9. The van der Waals surface area contributed by atoms with Crippen molar-refractivity contribution in [2.75, 3.05) is 10.2 Å². The lowest BCUT2D eigenvalue weighted by Crippen LogP contribution is -2.62. The van der Waals surface area contributed by atoms with Crippen LogP contribution in [-0.2, 0) is 10.5 Å². The first-order chi connectivity index (χ1) is 17.1. The first-order valence-corrected chi connectivity index (χ1v) is 12.5. The second-order valence-electron chi connectivity index (χ2n) is 10.9. The van der Waals surface area contributed by atoms with Crippen molar-refractivity contribution in [1.82, 2.24) is 0 Å². The van der Waals surface area contributed by atoms with Crippen LogP contribution in [0.4, 0.5) is 11.4 Å². The van der Waals surface area contributed by atoms with Crippen LogP contribution in [0.5, 0.6) is 0 Å². The number of halogens is 1. The summed E-state index contributed by atoms with van der Waals surface area (Å²) in [6.45, 7) is 6.11. The van der Waals surface area contributed by atoms with E-state index in [0.29, 0.717) is 34.0 Å². The maximum atomic E-state index is 14.1. The Balaban J connectivity index is 1.71. The third kappa shape index (κ3) is 2.93. The smallest absolute Gasteiger partial charge is 0.204 e. The van der Waals surface area contributed by atoms with Crippen molar-refractivity contribution >= 4 is 34.5 Å². The van der Waals surface area contributed by atoms with Crippen molar-refractivity contribution in [3.8, 4) is 0 Å². The normalized spacial score (nSPS) is 26.1. The van der Waals surface area contributed by atoms with Gasteiger partial charge in [-0.15, -0.1) is 0 Å². The highest BCUT2D eigenvalue weighted by molar-refractivity contribution is 6.30. The minimum absolute atomic E-state index is 0.193. The average molecular weight is 499 g/mol. The molecule has 0 amide bonds. The van der Waals surface area contributed by atoms with E-state index >= 15 is 0 Å².